The van der Waals surface area contributed by atoms with E-state index in [1.54, 1.807) is 13.3 Å². The first kappa shape index (κ1) is 13.1. The fourth-order valence-electron chi connectivity index (χ4n) is 2.92. The van der Waals surface area contributed by atoms with Crippen LogP contribution in [-0.4, -0.2) is 18.4 Å². The summed E-state index contributed by atoms with van der Waals surface area (Å²) < 4.78 is 0. The SMILES string of the molecule is CN=Cc1cccc(C2CCCCCCC2)c1O. The van der Waals surface area contributed by atoms with Crippen molar-refractivity contribution < 1.29 is 5.11 Å². The molecule has 1 N–H and O–H groups in total. The number of nitrogens with zero attached hydrogens (tertiary/aromatic N) is 1. The number of phenols is 1. The molecule has 2 heteroatoms. The highest BCUT2D eigenvalue weighted by Crippen LogP contribution is 2.36. The second kappa shape index (κ2) is 6.58. The van der Waals surface area contributed by atoms with Gasteiger partial charge in [-0.1, -0.05) is 44.2 Å². The van der Waals surface area contributed by atoms with Gasteiger partial charge in [0.1, 0.15) is 5.75 Å². The summed E-state index contributed by atoms with van der Waals surface area (Å²) >= 11 is 0. The minimum absolute atomic E-state index is 0.439. The summed E-state index contributed by atoms with van der Waals surface area (Å²) in [7, 11) is 1.74. The molecule has 1 fully saturated rings. The van der Waals surface area contributed by atoms with E-state index in [0.29, 0.717) is 11.7 Å². The molecule has 1 aliphatic carbocycles. The molecule has 0 saturated heterocycles. The molecule has 0 unspecified atom stereocenters. The van der Waals surface area contributed by atoms with Crippen LogP contribution in [0, 0.1) is 0 Å². The molecular weight excluding hydrogens is 222 g/mol. The Morgan fingerprint density at radius 3 is 2.44 bits per heavy atom. The molecule has 98 valence electrons. The highest BCUT2D eigenvalue weighted by atomic mass is 16.3. The monoisotopic (exact) mass is 245 g/mol. The van der Waals surface area contributed by atoms with E-state index in [1.807, 2.05) is 12.1 Å². The average molecular weight is 245 g/mol. The van der Waals surface area contributed by atoms with Gasteiger partial charge in [-0.05, 0) is 30.4 Å². The molecular formula is C16H23NO. The summed E-state index contributed by atoms with van der Waals surface area (Å²) in [5.41, 5.74) is 1.96. The first-order valence-corrected chi connectivity index (χ1v) is 7.07. The van der Waals surface area contributed by atoms with Crippen LogP contribution in [-0.2, 0) is 0 Å². The normalized spacial score (nSPS) is 18.7. The van der Waals surface area contributed by atoms with E-state index < -0.39 is 0 Å². The maximum Gasteiger partial charge on any atom is 0.127 e. The van der Waals surface area contributed by atoms with Crippen molar-refractivity contribution in [2.24, 2.45) is 4.99 Å². The molecule has 0 heterocycles. The molecule has 0 radical (unpaired) electrons. The number of hydrogen-bond donors (Lipinski definition) is 1. The molecule has 0 aromatic heterocycles. The number of rotatable bonds is 2. The average Bonchev–Trinajstić information content (AvgIpc) is 2.33. The Morgan fingerprint density at radius 1 is 1.11 bits per heavy atom. The second-order valence-corrected chi connectivity index (χ2v) is 5.21. The molecule has 0 amide bonds. The summed E-state index contributed by atoms with van der Waals surface area (Å²) in [4.78, 5) is 4.00. The number of phenolic OH excluding ortho intramolecular Hbond substituents is 1. The van der Waals surface area contributed by atoms with Crippen LogP contribution in [0.25, 0.3) is 0 Å². The van der Waals surface area contributed by atoms with Gasteiger partial charge in [0.2, 0.25) is 0 Å². The molecule has 1 aromatic rings. The Bertz CT molecular complexity index is 404. The van der Waals surface area contributed by atoms with E-state index in [1.165, 1.54) is 44.9 Å². The van der Waals surface area contributed by atoms with Crippen LogP contribution in [0.5, 0.6) is 5.75 Å². The minimum Gasteiger partial charge on any atom is -0.507 e. The van der Waals surface area contributed by atoms with E-state index >= 15 is 0 Å². The van der Waals surface area contributed by atoms with E-state index in [4.69, 9.17) is 0 Å². The lowest BCUT2D eigenvalue weighted by molar-refractivity contribution is 0.424. The van der Waals surface area contributed by atoms with Gasteiger partial charge in [-0.2, -0.15) is 0 Å². The Morgan fingerprint density at radius 2 is 1.78 bits per heavy atom. The van der Waals surface area contributed by atoms with Crippen molar-refractivity contribution in [1.29, 1.82) is 0 Å². The van der Waals surface area contributed by atoms with Gasteiger partial charge in [0, 0.05) is 18.8 Å². The number of aliphatic imine (C=N–C) groups is 1. The molecule has 0 bridgehead atoms. The number of benzene rings is 1. The van der Waals surface area contributed by atoms with Crippen molar-refractivity contribution in [3.8, 4) is 5.75 Å². The van der Waals surface area contributed by atoms with Crippen LogP contribution in [0.15, 0.2) is 23.2 Å². The highest BCUT2D eigenvalue weighted by Gasteiger charge is 2.17. The van der Waals surface area contributed by atoms with Crippen LogP contribution >= 0.6 is 0 Å². The molecule has 0 spiro atoms. The van der Waals surface area contributed by atoms with Crippen molar-refractivity contribution in [3.63, 3.8) is 0 Å². The van der Waals surface area contributed by atoms with Crippen LogP contribution in [0.3, 0.4) is 0 Å². The summed E-state index contributed by atoms with van der Waals surface area (Å²) in [5.74, 6) is 0.962. The topological polar surface area (TPSA) is 32.6 Å². The zero-order valence-corrected chi connectivity index (χ0v) is 11.2. The largest absolute Gasteiger partial charge is 0.507 e. The maximum atomic E-state index is 10.3. The molecule has 2 nitrogen and oxygen atoms in total. The van der Waals surface area contributed by atoms with Gasteiger partial charge >= 0.3 is 0 Å². The lowest BCUT2D eigenvalue weighted by Gasteiger charge is -2.21. The first-order chi connectivity index (χ1) is 8.83. The molecule has 1 aliphatic rings. The molecule has 1 aromatic carbocycles. The predicted molar refractivity (Wildman–Crippen MR) is 76.7 cm³/mol. The van der Waals surface area contributed by atoms with Crippen molar-refractivity contribution in [3.05, 3.63) is 29.3 Å². The van der Waals surface area contributed by atoms with Crippen LogP contribution in [0.1, 0.15) is 62.0 Å². The van der Waals surface area contributed by atoms with E-state index in [2.05, 4.69) is 11.1 Å². The van der Waals surface area contributed by atoms with Crippen LogP contribution < -0.4 is 0 Å². The van der Waals surface area contributed by atoms with E-state index in [0.717, 1.165) is 11.1 Å². The van der Waals surface area contributed by atoms with Crippen molar-refractivity contribution >= 4 is 6.21 Å². The Labute approximate surface area is 110 Å². The van der Waals surface area contributed by atoms with Gasteiger partial charge in [0.15, 0.2) is 0 Å². The lowest BCUT2D eigenvalue weighted by Crippen LogP contribution is -2.03. The number of para-hydroxylation sites is 1. The third-order valence-corrected chi connectivity index (χ3v) is 3.91. The molecule has 2 rings (SSSR count). The second-order valence-electron chi connectivity index (χ2n) is 5.21. The van der Waals surface area contributed by atoms with Crippen molar-refractivity contribution in [1.82, 2.24) is 0 Å². The van der Waals surface area contributed by atoms with Gasteiger partial charge in [0.05, 0.1) is 0 Å². The fraction of sp³-hybridized carbons (Fsp3) is 0.562. The van der Waals surface area contributed by atoms with Gasteiger partial charge in [-0.25, -0.2) is 0 Å². The molecule has 0 aliphatic heterocycles. The molecule has 0 atom stereocenters. The summed E-state index contributed by atoms with van der Waals surface area (Å²) in [6, 6.07) is 6.04. The van der Waals surface area contributed by atoms with Crippen molar-refractivity contribution in [2.45, 2.75) is 50.9 Å². The summed E-state index contributed by atoms with van der Waals surface area (Å²) in [6.45, 7) is 0. The van der Waals surface area contributed by atoms with Gasteiger partial charge < -0.3 is 5.11 Å². The van der Waals surface area contributed by atoms with E-state index in [9.17, 15) is 5.11 Å². The molecule has 18 heavy (non-hydrogen) atoms. The smallest absolute Gasteiger partial charge is 0.127 e. The third kappa shape index (κ3) is 3.12. The summed E-state index contributed by atoms with van der Waals surface area (Å²) in [5, 5.41) is 10.3. The Hall–Kier alpha value is -1.31. The standard InChI is InChI=1S/C16H23NO/c1-17-12-14-10-7-11-15(16(14)18)13-8-5-3-2-4-6-9-13/h7,10-13,18H,2-6,8-9H2,1H3. The van der Waals surface area contributed by atoms with Crippen LogP contribution in [0.2, 0.25) is 0 Å². The maximum absolute atomic E-state index is 10.3. The van der Waals surface area contributed by atoms with Gasteiger partial charge in [-0.3, -0.25) is 4.99 Å². The Balaban J connectivity index is 2.22. The first-order valence-electron chi connectivity index (χ1n) is 7.07. The predicted octanol–water partition coefficient (Wildman–Crippen LogP) is 4.27. The zero-order valence-electron chi connectivity index (χ0n) is 11.2. The lowest BCUT2D eigenvalue weighted by atomic mass is 9.85. The zero-order chi connectivity index (χ0) is 12.8. The third-order valence-electron chi connectivity index (χ3n) is 3.91. The van der Waals surface area contributed by atoms with Gasteiger partial charge in [-0.15, -0.1) is 0 Å². The van der Waals surface area contributed by atoms with Crippen molar-refractivity contribution in [2.75, 3.05) is 7.05 Å². The van der Waals surface area contributed by atoms with Gasteiger partial charge in [0.25, 0.3) is 0 Å². The Kier molecular flexibility index (Phi) is 4.80. The number of aromatic hydroxyl groups is 1. The molecule has 1 saturated carbocycles. The van der Waals surface area contributed by atoms with E-state index in [-0.39, 0.29) is 0 Å². The minimum atomic E-state index is 0.439. The van der Waals surface area contributed by atoms with Crippen LogP contribution in [0.4, 0.5) is 0 Å². The highest BCUT2D eigenvalue weighted by molar-refractivity contribution is 5.84. The number of hydrogen-bond acceptors (Lipinski definition) is 2. The summed E-state index contributed by atoms with van der Waals surface area (Å²) in [6.07, 6.45) is 10.8. The quantitative estimate of drug-likeness (QED) is 0.775. The fourth-order valence-corrected chi connectivity index (χ4v) is 2.92.